The molecule has 3 aliphatic rings. The van der Waals surface area contributed by atoms with Gasteiger partial charge in [-0.1, -0.05) is 0 Å². The van der Waals surface area contributed by atoms with E-state index in [0.29, 0.717) is 50.2 Å². The number of piperidine rings is 1. The monoisotopic (exact) mass is 556 g/mol. The van der Waals surface area contributed by atoms with E-state index in [9.17, 15) is 23.5 Å². The van der Waals surface area contributed by atoms with Gasteiger partial charge in [0.25, 0.3) is 0 Å². The quantitative estimate of drug-likeness (QED) is 0.301. The van der Waals surface area contributed by atoms with Crippen molar-refractivity contribution in [2.75, 3.05) is 18.0 Å². The molecule has 5 aromatic rings. The van der Waals surface area contributed by atoms with E-state index in [1.807, 2.05) is 12.1 Å². The predicted octanol–water partition coefficient (Wildman–Crippen LogP) is 5.06. The fourth-order valence-corrected chi connectivity index (χ4v) is 5.94. The molecule has 2 atom stereocenters. The van der Waals surface area contributed by atoms with Gasteiger partial charge < -0.3 is 15.0 Å². The molecule has 0 saturated carbocycles. The zero-order chi connectivity index (χ0) is 28.2. The Kier molecular flexibility index (Phi) is 5.90. The molecule has 9 nitrogen and oxygen atoms in total. The van der Waals surface area contributed by atoms with Crippen LogP contribution in [0.25, 0.3) is 33.4 Å². The molecule has 3 saturated heterocycles. The normalized spacial score (nSPS) is 18.6. The molecule has 12 heteroatoms. The molecule has 3 aliphatic heterocycles. The molecule has 2 unspecified atom stereocenters. The summed E-state index contributed by atoms with van der Waals surface area (Å²) in [5.74, 6) is 0.555. The van der Waals surface area contributed by atoms with Gasteiger partial charge in [0.05, 0.1) is 17.5 Å². The van der Waals surface area contributed by atoms with Gasteiger partial charge in [-0.15, -0.1) is 0 Å². The Balaban J connectivity index is 1.13. The van der Waals surface area contributed by atoms with Crippen molar-refractivity contribution in [3.05, 3.63) is 78.1 Å². The summed E-state index contributed by atoms with van der Waals surface area (Å²) in [5, 5.41) is 24.3. The maximum atomic E-state index is 13.7. The standard InChI is InChI=1S/C29H23F3N8O/c30-20-2-3-25(41)17(5-20)12-39-21-6-22(39)15-38(14-21)26-4-1-16(9-34-26)27-18(8-33)10-35-28-23(27)7-24(37-28)19-11-36-40(13-19)29(31)32/h1-5,7,9-11,13,21-22,29,41H,6,12,14-15H2,(H,35,37). The van der Waals surface area contributed by atoms with Gasteiger partial charge in [-0.05, 0) is 42.8 Å². The molecular formula is C29H23F3N8O. The second-order valence-electron chi connectivity index (χ2n) is 10.4. The summed E-state index contributed by atoms with van der Waals surface area (Å²) >= 11 is 0. The molecule has 0 spiro atoms. The van der Waals surface area contributed by atoms with Crippen molar-refractivity contribution in [3.8, 4) is 34.2 Å². The lowest BCUT2D eigenvalue weighted by atomic mass is 9.86. The van der Waals surface area contributed by atoms with E-state index in [1.165, 1.54) is 36.8 Å². The zero-order valence-electron chi connectivity index (χ0n) is 21.5. The lowest BCUT2D eigenvalue weighted by molar-refractivity contribution is -0.00921. The Bertz CT molecular complexity index is 1800. The largest absolute Gasteiger partial charge is 0.508 e. The van der Waals surface area contributed by atoms with Crippen LogP contribution in [0.2, 0.25) is 0 Å². The number of hydrogen-bond donors (Lipinski definition) is 2. The summed E-state index contributed by atoms with van der Waals surface area (Å²) in [7, 11) is 0. The van der Waals surface area contributed by atoms with Crippen LogP contribution in [0, 0.1) is 17.1 Å². The number of aromatic amines is 1. The summed E-state index contributed by atoms with van der Waals surface area (Å²) in [6.07, 6.45) is 6.86. The van der Waals surface area contributed by atoms with Crippen LogP contribution in [0.1, 0.15) is 24.1 Å². The van der Waals surface area contributed by atoms with Crippen LogP contribution >= 0.6 is 0 Å². The van der Waals surface area contributed by atoms with Crippen LogP contribution in [-0.2, 0) is 6.54 Å². The van der Waals surface area contributed by atoms with Gasteiger partial charge in [0, 0.05) is 77.9 Å². The molecule has 7 heterocycles. The van der Waals surface area contributed by atoms with Crippen LogP contribution in [0.15, 0.2) is 61.2 Å². The first kappa shape index (κ1) is 25.1. The highest BCUT2D eigenvalue weighted by molar-refractivity contribution is 5.98. The number of phenols is 1. The number of aromatic nitrogens is 5. The lowest BCUT2D eigenvalue weighted by Gasteiger charge is -2.56. The lowest BCUT2D eigenvalue weighted by Crippen LogP contribution is -2.68. The molecule has 2 bridgehead atoms. The average Bonchev–Trinajstić information content (AvgIpc) is 3.65. The number of anilines is 1. The fourth-order valence-electron chi connectivity index (χ4n) is 5.94. The number of H-pyrrole nitrogens is 1. The molecular weight excluding hydrogens is 533 g/mol. The molecule has 0 radical (unpaired) electrons. The summed E-state index contributed by atoms with van der Waals surface area (Å²) in [6.45, 7) is -0.729. The minimum Gasteiger partial charge on any atom is -0.508 e. The molecule has 8 rings (SSSR count). The summed E-state index contributed by atoms with van der Waals surface area (Å²) in [4.78, 5) is 16.7. The summed E-state index contributed by atoms with van der Waals surface area (Å²) in [5.41, 5.74) is 3.90. The van der Waals surface area contributed by atoms with Crippen LogP contribution in [0.3, 0.4) is 0 Å². The number of fused-ring (bicyclic) bond motifs is 3. The third-order valence-electron chi connectivity index (χ3n) is 7.99. The summed E-state index contributed by atoms with van der Waals surface area (Å²) < 4.78 is 40.3. The van der Waals surface area contributed by atoms with Crippen LogP contribution < -0.4 is 4.90 Å². The molecule has 206 valence electrons. The van der Waals surface area contributed by atoms with E-state index in [0.717, 1.165) is 30.9 Å². The number of benzene rings is 1. The minimum atomic E-state index is -2.74. The second-order valence-corrected chi connectivity index (χ2v) is 10.4. The smallest absolute Gasteiger partial charge is 0.333 e. The molecule has 1 aromatic carbocycles. The van der Waals surface area contributed by atoms with E-state index in [1.54, 1.807) is 12.3 Å². The molecule has 3 fully saturated rings. The van der Waals surface area contributed by atoms with Crippen LogP contribution in [0.5, 0.6) is 5.75 Å². The number of piperazine rings is 1. The van der Waals surface area contributed by atoms with Gasteiger partial charge >= 0.3 is 6.55 Å². The van der Waals surface area contributed by atoms with E-state index in [2.05, 4.69) is 30.9 Å². The highest BCUT2D eigenvalue weighted by atomic mass is 19.3. The number of aromatic hydroxyl groups is 1. The number of nitrogens with one attached hydrogen (secondary N) is 1. The highest BCUT2D eigenvalue weighted by Crippen LogP contribution is 2.38. The predicted molar refractivity (Wildman–Crippen MR) is 145 cm³/mol. The van der Waals surface area contributed by atoms with Crippen molar-refractivity contribution in [1.29, 1.82) is 5.26 Å². The van der Waals surface area contributed by atoms with E-state index in [-0.39, 0.29) is 23.7 Å². The van der Waals surface area contributed by atoms with Crippen molar-refractivity contribution in [2.45, 2.75) is 31.6 Å². The van der Waals surface area contributed by atoms with Gasteiger partial charge in [0.1, 0.15) is 29.1 Å². The highest BCUT2D eigenvalue weighted by Gasteiger charge is 2.44. The molecule has 41 heavy (non-hydrogen) atoms. The first-order chi connectivity index (χ1) is 19.9. The minimum absolute atomic E-state index is 0.102. The number of alkyl halides is 2. The molecule has 0 amide bonds. The number of nitrogens with zero attached hydrogens (tertiary/aromatic N) is 7. The third-order valence-corrected chi connectivity index (χ3v) is 7.99. The average molecular weight is 557 g/mol. The maximum absolute atomic E-state index is 13.7. The van der Waals surface area contributed by atoms with Crippen LogP contribution in [-0.4, -0.2) is 59.9 Å². The van der Waals surface area contributed by atoms with Crippen molar-refractivity contribution < 1.29 is 18.3 Å². The van der Waals surface area contributed by atoms with Crippen molar-refractivity contribution >= 4 is 16.9 Å². The SMILES string of the molecule is N#Cc1cnc2[nH]c(-c3cnn(C(F)F)c3)cc2c1-c1ccc(N2CC3CC(C2)N3Cc2cc(F)ccc2O)nc1. The van der Waals surface area contributed by atoms with E-state index < -0.39 is 6.55 Å². The van der Waals surface area contributed by atoms with Crippen LogP contribution in [0.4, 0.5) is 19.0 Å². The van der Waals surface area contributed by atoms with Crippen molar-refractivity contribution in [3.63, 3.8) is 0 Å². The first-order valence-electron chi connectivity index (χ1n) is 13.1. The third kappa shape index (κ3) is 4.35. The van der Waals surface area contributed by atoms with Crippen molar-refractivity contribution in [2.24, 2.45) is 0 Å². The fraction of sp³-hybridized carbons (Fsp3) is 0.241. The maximum Gasteiger partial charge on any atom is 0.333 e. The second kappa shape index (κ2) is 9.64. The molecule has 0 aliphatic carbocycles. The molecule has 4 aromatic heterocycles. The Morgan fingerprint density at radius 1 is 1.05 bits per heavy atom. The van der Waals surface area contributed by atoms with Gasteiger partial charge in [0.15, 0.2) is 0 Å². The van der Waals surface area contributed by atoms with Gasteiger partial charge in [-0.3, -0.25) is 4.90 Å². The number of phenolic OH excluding ortho intramolecular Hbond substituents is 1. The first-order valence-corrected chi connectivity index (χ1v) is 13.1. The number of rotatable bonds is 6. The Morgan fingerprint density at radius 2 is 1.88 bits per heavy atom. The topological polar surface area (TPSA) is 110 Å². The van der Waals surface area contributed by atoms with E-state index >= 15 is 0 Å². The van der Waals surface area contributed by atoms with Gasteiger partial charge in [-0.25, -0.2) is 19.0 Å². The van der Waals surface area contributed by atoms with E-state index in [4.69, 9.17) is 4.98 Å². The van der Waals surface area contributed by atoms with Gasteiger partial charge in [-0.2, -0.15) is 19.1 Å². The zero-order valence-corrected chi connectivity index (χ0v) is 21.5. The van der Waals surface area contributed by atoms with Gasteiger partial charge in [0.2, 0.25) is 0 Å². The number of hydrogen-bond acceptors (Lipinski definition) is 7. The number of halogens is 3. The Morgan fingerprint density at radius 3 is 2.59 bits per heavy atom. The Labute approximate surface area is 232 Å². The summed E-state index contributed by atoms with van der Waals surface area (Å²) in [6, 6.07) is 12.4. The number of nitriles is 1. The Hall–Kier alpha value is -4.89. The van der Waals surface area contributed by atoms with Crippen molar-refractivity contribution in [1.82, 2.24) is 29.6 Å². The number of pyridine rings is 2. The molecule has 2 N–H and O–H groups in total.